The fraction of sp³-hybridized carbons (Fsp3) is 0.200. The minimum absolute atomic E-state index is 0.0137. The van der Waals surface area contributed by atoms with Crippen LogP contribution in [0.4, 0.5) is 0 Å². The van der Waals surface area contributed by atoms with E-state index in [1.54, 1.807) is 36.9 Å². The maximum atomic E-state index is 11.7. The molecule has 0 aliphatic heterocycles. The number of aldehydes is 1. The topological polar surface area (TPSA) is 48.3 Å². The van der Waals surface area contributed by atoms with E-state index in [1.165, 1.54) is 7.11 Å². The van der Waals surface area contributed by atoms with E-state index in [4.69, 9.17) is 4.74 Å². The molecule has 98 valence electrons. The van der Waals surface area contributed by atoms with E-state index in [2.05, 4.69) is 0 Å². The average molecular weight is 257 g/mol. The van der Waals surface area contributed by atoms with Crippen molar-refractivity contribution in [2.75, 3.05) is 7.11 Å². The summed E-state index contributed by atoms with van der Waals surface area (Å²) in [5, 5.41) is 0. The number of ether oxygens (including phenoxy) is 1. The highest BCUT2D eigenvalue weighted by atomic mass is 16.5. The van der Waals surface area contributed by atoms with Gasteiger partial charge < -0.3 is 9.30 Å². The molecule has 1 aromatic heterocycles. The monoisotopic (exact) mass is 257 g/mol. The van der Waals surface area contributed by atoms with Gasteiger partial charge in [0.15, 0.2) is 6.29 Å². The number of carbonyl (C=O) groups is 1. The summed E-state index contributed by atoms with van der Waals surface area (Å²) in [7, 11) is 3.24. The number of pyridine rings is 1. The maximum absolute atomic E-state index is 11.7. The Hall–Kier alpha value is -2.36. The van der Waals surface area contributed by atoms with Crippen molar-refractivity contribution in [2.45, 2.75) is 6.92 Å². The molecule has 0 N–H and O–H groups in total. The van der Waals surface area contributed by atoms with Crippen LogP contribution in [0.2, 0.25) is 0 Å². The number of rotatable bonds is 3. The molecule has 0 radical (unpaired) electrons. The zero-order chi connectivity index (χ0) is 14.0. The molecular weight excluding hydrogens is 242 g/mol. The predicted octanol–water partition coefficient (Wildman–Crippen LogP) is 2.18. The SMILES string of the molecule is COc1cc(-c2cc(C)c(=O)n(C)c2)ccc1C=O. The zero-order valence-electron chi connectivity index (χ0n) is 11.1. The van der Waals surface area contributed by atoms with Gasteiger partial charge in [0.2, 0.25) is 0 Å². The van der Waals surface area contributed by atoms with Gasteiger partial charge in [0, 0.05) is 18.8 Å². The summed E-state index contributed by atoms with van der Waals surface area (Å²) < 4.78 is 6.73. The largest absolute Gasteiger partial charge is 0.496 e. The van der Waals surface area contributed by atoms with Crippen molar-refractivity contribution < 1.29 is 9.53 Å². The molecule has 4 nitrogen and oxygen atoms in total. The summed E-state index contributed by atoms with van der Waals surface area (Å²) in [6, 6.07) is 7.17. The van der Waals surface area contributed by atoms with Crippen LogP contribution in [-0.2, 0) is 7.05 Å². The van der Waals surface area contributed by atoms with Crippen LogP contribution >= 0.6 is 0 Å². The molecule has 0 saturated carbocycles. The van der Waals surface area contributed by atoms with E-state index in [-0.39, 0.29) is 5.56 Å². The van der Waals surface area contributed by atoms with Crippen LogP contribution in [-0.4, -0.2) is 18.0 Å². The molecule has 4 heteroatoms. The molecule has 0 spiro atoms. The Kier molecular flexibility index (Phi) is 3.51. The molecular formula is C15H15NO3. The molecule has 2 aromatic rings. The Morgan fingerprint density at radius 3 is 2.53 bits per heavy atom. The Balaban J connectivity index is 2.59. The number of hydrogen-bond acceptors (Lipinski definition) is 3. The highest BCUT2D eigenvalue weighted by Gasteiger charge is 2.07. The predicted molar refractivity (Wildman–Crippen MR) is 73.8 cm³/mol. The van der Waals surface area contributed by atoms with Crippen molar-refractivity contribution >= 4 is 6.29 Å². The van der Waals surface area contributed by atoms with Crippen LogP contribution in [0.3, 0.4) is 0 Å². The van der Waals surface area contributed by atoms with Gasteiger partial charge in [0.05, 0.1) is 12.7 Å². The van der Waals surface area contributed by atoms with Gasteiger partial charge in [0.1, 0.15) is 5.75 Å². The van der Waals surface area contributed by atoms with E-state index in [9.17, 15) is 9.59 Å². The zero-order valence-corrected chi connectivity index (χ0v) is 11.1. The summed E-state index contributed by atoms with van der Waals surface area (Å²) in [6.07, 6.45) is 2.53. The van der Waals surface area contributed by atoms with Crippen LogP contribution < -0.4 is 10.3 Å². The van der Waals surface area contributed by atoms with Gasteiger partial charge in [-0.3, -0.25) is 9.59 Å². The second-order valence-electron chi connectivity index (χ2n) is 4.40. The molecule has 2 rings (SSSR count). The molecule has 0 aliphatic carbocycles. The molecule has 1 heterocycles. The Morgan fingerprint density at radius 1 is 1.21 bits per heavy atom. The summed E-state index contributed by atoms with van der Waals surface area (Å²) in [4.78, 5) is 22.5. The van der Waals surface area contributed by atoms with Gasteiger partial charge in [-0.15, -0.1) is 0 Å². The number of benzene rings is 1. The molecule has 0 unspecified atom stereocenters. The van der Waals surface area contributed by atoms with Crippen LogP contribution in [0.15, 0.2) is 35.3 Å². The van der Waals surface area contributed by atoms with Crippen molar-refractivity contribution in [1.29, 1.82) is 0 Å². The minimum Gasteiger partial charge on any atom is -0.496 e. The van der Waals surface area contributed by atoms with E-state index in [0.717, 1.165) is 17.4 Å². The molecule has 0 atom stereocenters. The average Bonchev–Trinajstić information content (AvgIpc) is 2.43. The van der Waals surface area contributed by atoms with Gasteiger partial charge in [-0.2, -0.15) is 0 Å². The van der Waals surface area contributed by atoms with Gasteiger partial charge in [-0.1, -0.05) is 6.07 Å². The lowest BCUT2D eigenvalue weighted by molar-refractivity contribution is 0.112. The number of nitrogens with zero attached hydrogens (tertiary/aromatic N) is 1. The van der Waals surface area contributed by atoms with E-state index < -0.39 is 0 Å². The number of aryl methyl sites for hydroxylation is 2. The maximum Gasteiger partial charge on any atom is 0.253 e. The van der Waals surface area contributed by atoms with Crippen LogP contribution in [0.25, 0.3) is 11.1 Å². The third-order valence-corrected chi connectivity index (χ3v) is 3.06. The second kappa shape index (κ2) is 5.10. The first-order valence-corrected chi connectivity index (χ1v) is 5.87. The van der Waals surface area contributed by atoms with E-state index in [0.29, 0.717) is 16.9 Å². The number of hydrogen-bond donors (Lipinski definition) is 0. The highest BCUT2D eigenvalue weighted by molar-refractivity contribution is 5.81. The number of aromatic nitrogens is 1. The molecule has 1 aromatic carbocycles. The molecule has 0 bridgehead atoms. The van der Waals surface area contributed by atoms with Crippen LogP contribution in [0.1, 0.15) is 15.9 Å². The lowest BCUT2D eigenvalue weighted by atomic mass is 10.0. The van der Waals surface area contributed by atoms with Crippen molar-refractivity contribution in [3.8, 4) is 16.9 Å². The van der Waals surface area contributed by atoms with Crippen LogP contribution in [0.5, 0.6) is 5.75 Å². The highest BCUT2D eigenvalue weighted by Crippen LogP contribution is 2.26. The van der Waals surface area contributed by atoms with Crippen LogP contribution in [0, 0.1) is 6.92 Å². The van der Waals surface area contributed by atoms with Crippen molar-refractivity contribution in [3.05, 3.63) is 51.9 Å². The van der Waals surface area contributed by atoms with Crippen molar-refractivity contribution in [2.24, 2.45) is 7.05 Å². The summed E-state index contributed by atoms with van der Waals surface area (Å²) in [6.45, 7) is 1.78. The quantitative estimate of drug-likeness (QED) is 0.792. The van der Waals surface area contributed by atoms with Crippen molar-refractivity contribution in [3.63, 3.8) is 0 Å². The molecule has 0 saturated heterocycles. The first-order valence-electron chi connectivity index (χ1n) is 5.87. The standard InChI is InChI=1S/C15H15NO3/c1-10-6-13(8-16(2)15(10)18)11-4-5-12(9-17)14(7-11)19-3/h4-9H,1-3H3. The number of carbonyl (C=O) groups excluding carboxylic acids is 1. The lowest BCUT2D eigenvalue weighted by Gasteiger charge is -2.09. The Labute approximate surface area is 111 Å². The Morgan fingerprint density at radius 2 is 1.95 bits per heavy atom. The smallest absolute Gasteiger partial charge is 0.253 e. The van der Waals surface area contributed by atoms with Gasteiger partial charge in [-0.05, 0) is 36.2 Å². The van der Waals surface area contributed by atoms with Gasteiger partial charge in [0.25, 0.3) is 5.56 Å². The van der Waals surface area contributed by atoms with Gasteiger partial charge >= 0.3 is 0 Å². The molecule has 0 fully saturated rings. The second-order valence-corrected chi connectivity index (χ2v) is 4.40. The molecule has 19 heavy (non-hydrogen) atoms. The molecule has 0 amide bonds. The van der Waals surface area contributed by atoms with E-state index >= 15 is 0 Å². The summed E-state index contributed by atoms with van der Waals surface area (Å²) in [5.41, 5.74) is 2.99. The van der Waals surface area contributed by atoms with E-state index in [1.807, 2.05) is 12.1 Å². The third-order valence-electron chi connectivity index (χ3n) is 3.06. The first kappa shape index (κ1) is 13.1. The first-order chi connectivity index (χ1) is 9.06. The van der Waals surface area contributed by atoms with Gasteiger partial charge in [-0.25, -0.2) is 0 Å². The third kappa shape index (κ3) is 2.42. The number of methoxy groups -OCH3 is 1. The fourth-order valence-electron chi connectivity index (χ4n) is 2.02. The summed E-state index contributed by atoms with van der Waals surface area (Å²) >= 11 is 0. The lowest BCUT2D eigenvalue weighted by Crippen LogP contribution is -2.18. The minimum atomic E-state index is -0.0137. The fourth-order valence-corrected chi connectivity index (χ4v) is 2.02. The molecule has 0 aliphatic rings. The van der Waals surface area contributed by atoms with Crippen molar-refractivity contribution in [1.82, 2.24) is 4.57 Å². The Bertz CT molecular complexity index is 660. The summed E-state index contributed by atoms with van der Waals surface area (Å²) in [5.74, 6) is 0.527. The normalized spacial score (nSPS) is 10.3.